The summed E-state index contributed by atoms with van der Waals surface area (Å²) in [4.78, 5) is 2.58. The summed E-state index contributed by atoms with van der Waals surface area (Å²) in [5.41, 5.74) is 21.2. The normalized spacial score (nSPS) is 13.8. The molecule has 0 spiro atoms. The van der Waals surface area contributed by atoms with Gasteiger partial charge in [0, 0.05) is 27.8 Å². The van der Waals surface area contributed by atoms with Gasteiger partial charge in [0.25, 0.3) is 0 Å². The van der Waals surface area contributed by atoms with Gasteiger partial charge in [-0.05, 0) is 108 Å². The third kappa shape index (κ3) is 4.46. The van der Waals surface area contributed by atoms with Gasteiger partial charge in [0.1, 0.15) is 0 Å². The number of fused-ring (bicyclic) bond motifs is 7. The minimum Gasteiger partial charge on any atom is -0.311 e. The van der Waals surface area contributed by atoms with Crippen LogP contribution in [0.25, 0.3) is 27.5 Å². The lowest BCUT2D eigenvalue weighted by Crippen LogP contribution is -2.59. The molecule has 11 rings (SSSR count). The van der Waals surface area contributed by atoms with E-state index in [1.54, 1.807) is 0 Å². The number of hydrogen-bond donors (Lipinski definition) is 0. The predicted molar refractivity (Wildman–Crippen MR) is 237 cm³/mol. The van der Waals surface area contributed by atoms with Gasteiger partial charge in [-0.2, -0.15) is 0 Å². The quantitative estimate of drug-likeness (QED) is 0.165. The second kappa shape index (κ2) is 12.2. The Hall–Kier alpha value is -6.58. The van der Waals surface area contributed by atoms with Crippen molar-refractivity contribution in [3.63, 3.8) is 0 Å². The van der Waals surface area contributed by atoms with Crippen molar-refractivity contribution in [2.75, 3.05) is 4.90 Å². The van der Waals surface area contributed by atoms with Gasteiger partial charge in [0.2, 0.25) is 6.71 Å². The first kappa shape index (κ1) is 32.8. The smallest absolute Gasteiger partial charge is 0.246 e. The zero-order chi connectivity index (χ0) is 37.7. The molecule has 0 saturated heterocycles. The maximum atomic E-state index is 2.58. The molecule has 3 heterocycles. The van der Waals surface area contributed by atoms with Crippen LogP contribution in [0.2, 0.25) is 0 Å². The number of rotatable bonds is 4. The van der Waals surface area contributed by atoms with Crippen molar-refractivity contribution in [2.45, 2.75) is 33.1 Å². The predicted octanol–water partition coefficient (Wildman–Crippen LogP) is 11.0. The van der Waals surface area contributed by atoms with E-state index in [9.17, 15) is 0 Å². The number of hydrogen-bond acceptors (Lipinski definition) is 1. The maximum Gasteiger partial charge on any atom is 0.246 e. The number of anilines is 3. The van der Waals surface area contributed by atoms with E-state index >= 15 is 0 Å². The van der Waals surface area contributed by atoms with E-state index in [1.165, 1.54) is 105 Å². The molecule has 2 nitrogen and oxygen atoms in total. The minimum atomic E-state index is -0.520. The Kier molecular flexibility index (Phi) is 7.16. The lowest BCUT2D eigenvalue weighted by Gasteiger charge is -2.50. The van der Waals surface area contributed by atoms with Crippen LogP contribution in [0, 0.1) is 27.7 Å². The summed E-state index contributed by atoms with van der Waals surface area (Å²) in [5.74, 6) is 0. The summed E-state index contributed by atoms with van der Waals surface area (Å²) in [5, 5.41) is 2.64. The van der Waals surface area contributed by atoms with Crippen molar-refractivity contribution >= 4 is 62.0 Å². The zero-order valence-corrected chi connectivity index (χ0v) is 32.2. The van der Waals surface area contributed by atoms with Crippen LogP contribution < -0.4 is 21.3 Å². The van der Waals surface area contributed by atoms with E-state index in [4.69, 9.17) is 0 Å². The minimum absolute atomic E-state index is 0.0200. The summed E-state index contributed by atoms with van der Waals surface area (Å²) < 4.78 is 2.54. The molecule has 0 unspecified atom stereocenters. The summed E-state index contributed by atoms with van der Waals surface area (Å²) in [6.07, 6.45) is 0. The molecule has 0 aliphatic carbocycles. The highest BCUT2D eigenvalue weighted by Crippen LogP contribution is 2.57. The van der Waals surface area contributed by atoms with Gasteiger partial charge < -0.3 is 9.47 Å². The first-order valence-corrected chi connectivity index (χ1v) is 19.8. The molecule has 0 saturated carbocycles. The summed E-state index contributed by atoms with van der Waals surface area (Å²) in [6, 6.07) is 66.3. The van der Waals surface area contributed by atoms with E-state index in [0.29, 0.717) is 0 Å². The second-order valence-electron chi connectivity index (χ2n) is 16.0. The van der Waals surface area contributed by atoms with Crippen LogP contribution in [0.1, 0.15) is 44.5 Å². The number of benzene rings is 8. The van der Waals surface area contributed by atoms with Gasteiger partial charge in [0.05, 0.1) is 22.1 Å². The van der Waals surface area contributed by atoms with Gasteiger partial charge in [-0.15, -0.1) is 0 Å². The monoisotopic (exact) mass is 716 g/mol. The summed E-state index contributed by atoms with van der Waals surface area (Å²) >= 11 is 0. The van der Waals surface area contributed by atoms with Crippen LogP contribution in [0.15, 0.2) is 176 Å². The summed E-state index contributed by atoms with van der Waals surface area (Å²) in [6.45, 7) is 8.99. The van der Waals surface area contributed by atoms with E-state index in [1.807, 2.05) is 0 Å². The Balaban J connectivity index is 1.25. The van der Waals surface area contributed by atoms with Crippen LogP contribution >= 0.6 is 0 Å². The summed E-state index contributed by atoms with van der Waals surface area (Å²) in [7, 11) is 0. The molecule has 0 fully saturated rings. The number of aromatic nitrogens is 1. The van der Waals surface area contributed by atoms with Gasteiger partial charge in [-0.3, -0.25) is 0 Å². The number of aryl methyl sites for hydroxylation is 4. The lowest BCUT2D eigenvalue weighted by molar-refractivity contribution is 0.732. The standard InChI is InChI=1S/C53H41BN2/c1-34-29-36(3)50-42(31-34)43-32-35(2)30-37(4)51(43)55(50)41-27-28-49-47(33-41)54(40-21-12-7-13-22-40)46-25-16-24-45-52(46)56(49)48-26-15-14-23-44(48)53(45,38-17-8-5-9-18-38)39-19-10-6-11-20-39/h5-33H,1-4H3. The molecule has 0 radical (unpaired) electrons. The molecule has 9 aromatic rings. The van der Waals surface area contributed by atoms with E-state index in [2.05, 4.69) is 213 Å². The SMILES string of the molecule is Cc1cc(C)c2c(c1)c1cc(C)cc(C)c1n2-c1ccc2c(c1)B(c1ccccc1)c1cccc3c1N2c1ccccc1C3(c1ccccc1)c1ccccc1. The fourth-order valence-corrected chi connectivity index (χ4v) is 10.6. The molecule has 0 bridgehead atoms. The average Bonchev–Trinajstić information content (AvgIpc) is 3.56. The van der Waals surface area contributed by atoms with Crippen LogP contribution in [0.4, 0.5) is 17.1 Å². The molecule has 0 amide bonds. The van der Waals surface area contributed by atoms with Crippen molar-refractivity contribution in [1.82, 2.24) is 4.57 Å². The Morgan fingerprint density at radius 3 is 1.62 bits per heavy atom. The van der Waals surface area contributed by atoms with E-state index < -0.39 is 5.41 Å². The van der Waals surface area contributed by atoms with Crippen LogP contribution in [0.5, 0.6) is 0 Å². The molecule has 56 heavy (non-hydrogen) atoms. The Morgan fingerprint density at radius 1 is 0.446 bits per heavy atom. The Morgan fingerprint density at radius 2 is 1.00 bits per heavy atom. The molecule has 266 valence electrons. The molecule has 2 aliphatic rings. The molecule has 8 aromatic carbocycles. The lowest BCUT2D eigenvalue weighted by atomic mass is 9.34. The highest BCUT2D eigenvalue weighted by atomic mass is 15.2. The zero-order valence-electron chi connectivity index (χ0n) is 32.2. The van der Waals surface area contributed by atoms with Crippen molar-refractivity contribution < 1.29 is 0 Å². The highest BCUT2D eigenvalue weighted by Gasteiger charge is 2.50. The maximum absolute atomic E-state index is 2.58. The molecular formula is C53H41BN2. The van der Waals surface area contributed by atoms with Crippen molar-refractivity contribution in [3.8, 4) is 5.69 Å². The van der Waals surface area contributed by atoms with Crippen molar-refractivity contribution in [2.24, 2.45) is 0 Å². The first-order valence-electron chi connectivity index (χ1n) is 19.8. The second-order valence-corrected chi connectivity index (χ2v) is 16.0. The van der Waals surface area contributed by atoms with Gasteiger partial charge in [0.15, 0.2) is 0 Å². The highest BCUT2D eigenvalue weighted by molar-refractivity contribution is 6.98. The van der Waals surface area contributed by atoms with Gasteiger partial charge in [-0.25, -0.2) is 0 Å². The Labute approximate surface area is 329 Å². The van der Waals surface area contributed by atoms with Gasteiger partial charge >= 0.3 is 0 Å². The van der Waals surface area contributed by atoms with Crippen molar-refractivity contribution in [1.29, 1.82) is 0 Å². The first-order chi connectivity index (χ1) is 27.4. The largest absolute Gasteiger partial charge is 0.311 e. The van der Waals surface area contributed by atoms with E-state index in [-0.39, 0.29) is 6.71 Å². The fourth-order valence-electron chi connectivity index (χ4n) is 10.6. The fraction of sp³-hybridized carbons (Fsp3) is 0.0943. The third-order valence-corrected chi connectivity index (χ3v) is 12.5. The average molecular weight is 717 g/mol. The molecule has 2 aliphatic heterocycles. The molecule has 1 aromatic heterocycles. The third-order valence-electron chi connectivity index (χ3n) is 12.5. The van der Waals surface area contributed by atoms with E-state index in [0.717, 1.165) is 0 Å². The molecule has 0 N–H and O–H groups in total. The number of nitrogens with zero attached hydrogens (tertiary/aromatic N) is 2. The Bertz CT molecular complexity index is 2910. The molecule has 0 atom stereocenters. The van der Waals surface area contributed by atoms with Crippen LogP contribution in [-0.2, 0) is 5.41 Å². The van der Waals surface area contributed by atoms with Gasteiger partial charge in [-0.1, -0.05) is 156 Å². The molecular weight excluding hydrogens is 675 g/mol. The van der Waals surface area contributed by atoms with Crippen LogP contribution in [-0.4, -0.2) is 11.3 Å². The van der Waals surface area contributed by atoms with Crippen molar-refractivity contribution in [3.05, 3.63) is 220 Å². The number of para-hydroxylation sites is 2. The van der Waals surface area contributed by atoms with Crippen LogP contribution in [0.3, 0.4) is 0 Å². The molecule has 3 heteroatoms. The topological polar surface area (TPSA) is 8.17 Å².